The molecule has 2 fully saturated rings. The van der Waals surface area contributed by atoms with E-state index < -0.39 is 0 Å². The Kier molecular flexibility index (Phi) is 4.47. The highest BCUT2D eigenvalue weighted by Crippen LogP contribution is 2.24. The normalized spacial score (nSPS) is 23.5. The molecule has 114 valence electrons. The second-order valence-electron chi connectivity index (χ2n) is 5.58. The van der Waals surface area contributed by atoms with E-state index in [-0.39, 0.29) is 5.91 Å². The first-order valence-electron chi connectivity index (χ1n) is 7.31. The van der Waals surface area contributed by atoms with E-state index in [9.17, 15) is 4.79 Å². The quantitative estimate of drug-likeness (QED) is 0.820. The van der Waals surface area contributed by atoms with Crippen molar-refractivity contribution in [2.24, 2.45) is 0 Å². The summed E-state index contributed by atoms with van der Waals surface area (Å²) in [6, 6.07) is 5.83. The van der Waals surface area contributed by atoms with Crippen LogP contribution in [0.15, 0.2) is 22.7 Å². The number of carbonyl (C=O) groups excluding carboxylic acids is 1. The molecule has 0 aromatic heterocycles. The molecule has 21 heavy (non-hydrogen) atoms. The first kappa shape index (κ1) is 14.8. The number of morpholine rings is 1. The molecule has 2 N–H and O–H groups in total. The number of halogens is 1. The number of nitrogen functional groups attached to an aromatic ring is 1. The van der Waals surface area contributed by atoms with Crippen LogP contribution in [0.4, 0.5) is 5.69 Å². The molecule has 5 nitrogen and oxygen atoms in total. The minimum absolute atomic E-state index is 0.0601. The van der Waals surface area contributed by atoms with Crippen molar-refractivity contribution < 1.29 is 9.53 Å². The maximum Gasteiger partial charge on any atom is 0.255 e. The number of rotatable bonds is 2. The van der Waals surface area contributed by atoms with Crippen molar-refractivity contribution in [2.45, 2.75) is 12.5 Å². The molecular formula is C15H20BrN3O2. The Balaban J connectivity index is 1.67. The highest BCUT2D eigenvalue weighted by atomic mass is 79.9. The monoisotopic (exact) mass is 353 g/mol. The van der Waals surface area contributed by atoms with Gasteiger partial charge in [-0.1, -0.05) is 0 Å². The van der Waals surface area contributed by atoms with Crippen molar-refractivity contribution >= 4 is 27.5 Å². The van der Waals surface area contributed by atoms with Crippen molar-refractivity contribution in [2.75, 3.05) is 45.1 Å². The molecule has 0 spiro atoms. The van der Waals surface area contributed by atoms with Gasteiger partial charge in [0.15, 0.2) is 0 Å². The second kappa shape index (κ2) is 6.34. The molecule has 0 saturated carbocycles. The number of benzene rings is 1. The fraction of sp³-hybridized carbons (Fsp3) is 0.533. The lowest BCUT2D eigenvalue weighted by molar-refractivity contribution is 0.0185. The molecule has 2 aliphatic heterocycles. The SMILES string of the molecule is Nc1ccc(Br)c(C(=O)N2CCC(N3CCOCC3)C2)c1. The van der Waals surface area contributed by atoms with Crippen LogP contribution in [0, 0.1) is 0 Å². The first-order chi connectivity index (χ1) is 10.1. The van der Waals surface area contributed by atoms with Crippen LogP contribution in [-0.2, 0) is 4.74 Å². The van der Waals surface area contributed by atoms with Gasteiger partial charge < -0.3 is 15.4 Å². The molecule has 6 heteroatoms. The van der Waals surface area contributed by atoms with Gasteiger partial charge in [0.05, 0.1) is 18.8 Å². The van der Waals surface area contributed by atoms with E-state index >= 15 is 0 Å². The zero-order chi connectivity index (χ0) is 14.8. The summed E-state index contributed by atoms with van der Waals surface area (Å²) in [4.78, 5) is 17.0. The largest absolute Gasteiger partial charge is 0.399 e. The summed E-state index contributed by atoms with van der Waals surface area (Å²) in [5.41, 5.74) is 7.06. The third-order valence-electron chi connectivity index (χ3n) is 4.23. The van der Waals surface area contributed by atoms with E-state index in [1.165, 1.54) is 0 Å². The van der Waals surface area contributed by atoms with E-state index in [0.29, 0.717) is 17.3 Å². The smallest absolute Gasteiger partial charge is 0.255 e. The molecule has 0 aliphatic carbocycles. The number of hydrogen-bond donors (Lipinski definition) is 1. The fourth-order valence-electron chi connectivity index (χ4n) is 3.04. The van der Waals surface area contributed by atoms with Crippen molar-refractivity contribution in [3.63, 3.8) is 0 Å². The standard InChI is InChI=1S/C15H20BrN3O2/c16-14-2-1-11(17)9-13(14)15(20)19-4-3-12(10-19)18-5-7-21-8-6-18/h1-2,9,12H,3-8,10,17H2. The van der Waals surface area contributed by atoms with E-state index in [1.54, 1.807) is 12.1 Å². The molecule has 1 atom stereocenters. The summed E-state index contributed by atoms with van der Waals surface area (Å²) < 4.78 is 6.19. The zero-order valence-electron chi connectivity index (χ0n) is 11.9. The van der Waals surface area contributed by atoms with Gasteiger partial charge in [0, 0.05) is 42.4 Å². The molecule has 1 amide bonds. The summed E-state index contributed by atoms with van der Waals surface area (Å²) >= 11 is 3.44. The number of anilines is 1. The van der Waals surface area contributed by atoms with Crippen molar-refractivity contribution in [1.82, 2.24) is 9.80 Å². The van der Waals surface area contributed by atoms with Crippen LogP contribution in [0.3, 0.4) is 0 Å². The van der Waals surface area contributed by atoms with Gasteiger partial charge in [0.1, 0.15) is 0 Å². The third kappa shape index (κ3) is 3.22. The number of amides is 1. The molecule has 0 radical (unpaired) electrons. The van der Waals surface area contributed by atoms with E-state index in [0.717, 1.165) is 50.3 Å². The van der Waals surface area contributed by atoms with Crippen molar-refractivity contribution in [3.8, 4) is 0 Å². The number of hydrogen-bond acceptors (Lipinski definition) is 4. The molecule has 3 rings (SSSR count). The van der Waals surface area contributed by atoms with Gasteiger partial charge in [-0.3, -0.25) is 9.69 Å². The van der Waals surface area contributed by atoms with Crippen LogP contribution < -0.4 is 5.73 Å². The topological polar surface area (TPSA) is 58.8 Å². The van der Waals surface area contributed by atoms with Crippen LogP contribution in [0.1, 0.15) is 16.8 Å². The lowest BCUT2D eigenvalue weighted by Crippen LogP contribution is -2.45. The Bertz CT molecular complexity index is 532. The Labute approximate surface area is 133 Å². The molecule has 1 aromatic carbocycles. The summed E-state index contributed by atoms with van der Waals surface area (Å²) in [6.07, 6.45) is 1.03. The maximum atomic E-state index is 12.6. The van der Waals surface area contributed by atoms with Gasteiger partial charge in [-0.25, -0.2) is 0 Å². The average Bonchev–Trinajstić information content (AvgIpc) is 3.00. The van der Waals surface area contributed by atoms with Crippen LogP contribution in [0.5, 0.6) is 0 Å². The lowest BCUT2D eigenvalue weighted by atomic mass is 10.2. The summed E-state index contributed by atoms with van der Waals surface area (Å²) in [5.74, 6) is 0.0601. The summed E-state index contributed by atoms with van der Waals surface area (Å²) in [5, 5.41) is 0. The van der Waals surface area contributed by atoms with Gasteiger partial charge in [-0.2, -0.15) is 0 Å². The predicted molar refractivity (Wildman–Crippen MR) is 85.3 cm³/mol. The minimum atomic E-state index is 0.0601. The van der Waals surface area contributed by atoms with Crippen LogP contribution >= 0.6 is 15.9 Å². The second-order valence-corrected chi connectivity index (χ2v) is 6.44. The minimum Gasteiger partial charge on any atom is -0.399 e. The van der Waals surface area contributed by atoms with Crippen molar-refractivity contribution in [1.29, 1.82) is 0 Å². The number of nitrogens with two attached hydrogens (primary N) is 1. The number of nitrogens with zero attached hydrogens (tertiary/aromatic N) is 2. The maximum absolute atomic E-state index is 12.6. The van der Waals surface area contributed by atoms with Crippen LogP contribution in [0.2, 0.25) is 0 Å². The van der Waals surface area contributed by atoms with Crippen LogP contribution in [-0.4, -0.2) is 61.1 Å². The molecule has 1 aromatic rings. The Hall–Kier alpha value is -1.11. The lowest BCUT2D eigenvalue weighted by Gasteiger charge is -2.32. The number of likely N-dealkylation sites (tertiary alicyclic amines) is 1. The third-order valence-corrected chi connectivity index (χ3v) is 4.92. The molecule has 2 saturated heterocycles. The molecule has 2 heterocycles. The number of carbonyl (C=O) groups is 1. The molecule has 1 unspecified atom stereocenters. The van der Waals surface area contributed by atoms with E-state index in [4.69, 9.17) is 10.5 Å². The highest BCUT2D eigenvalue weighted by molar-refractivity contribution is 9.10. The van der Waals surface area contributed by atoms with Gasteiger partial charge >= 0.3 is 0 Å². The summed E-state index contributed by atoms with van der Waals surface area (Å²) in [7, 11) is 0. The van der Waals surface area contributed by atoms with E-state index in [1.807, 2.05) is 11.0 Å². The average molecular weight is 354 g/mol. The predicted octanol–water partition coefficient (Wildman–Crippen LogP) is 1.58. The first-order valence-corrected chi connectivity index (χ1v) is 8.10. The van der Waals surface area contributed by atoms with Gasteiger partial charge in [0.25, 0.3) is 5.91 Å². The summed E-state index contributed by atoms with van der Waals surface area (Å²) in [6.45, 7) is 5.13. The Morgan fingerprint density at radius 3 is 2.81 bits per heavy atom. The number of ether oxygens (including phenoxy) is 1. The zero-order valence-corrected chi connectivity index (χ0v) is 13.5. The molecular weight excluding hydrogens is 334 g/mol. The highest BCUT2D eigenvalue weighted by Gasteiger charge is 2.32. The Morgan fingerprint density at radius 2 is 2.05 bits per heavy atom. The Morgan fingerprint density at radius 1 is 1.29 bits per heavy atom. The van der Waals surface area contributed by atoms with Crippen molar-refractivity contribution in [3.05, 3.63) is 28.2 Å². The fourth-order valence-corrected chi connectivity index (χ4v) is 3.46. The molecule has 2 aliphatic rings. The van der Waals surface area contributed by atoms with Gasteiger partial charge in [-0.15, -0.1) is 0 Å². The molecule has 0 bridgehead atoms. The van der Waals surface area contributed by atoms with E-state index in [2.05, 4.69) is 20.8 Å². The van der Waals surface area contributed by atoms with Gasteiger partial charge in [-0.05, 0) is 40.5 Å². The van der Waals surface area contributed by atoms with Gasteiger partial charge in [0.2, 0.25) is 0 Å². The van der Waals surface area contributed by atoms with Crippen LogP contribution in [0.25, 0.3) is 0 Å².